The third kappa shape index (κ3) is 3.36. The molecule has 0 saturated carbocycles. The molecule has 24 heavy (non-hydrogen) atoms. The van der Waals surface area contributed by atoms with Gasteiger partial charge in [-0.25, -0.2) is 0 Å². The van der Waals surface area contributed by atoms with Crippen LogP contribution in [-0.2, 0) is 14.2 Å². The Morgan fingerprint density at radius 3 is 2.42 bits per heavy atom. The lowest BCUT2D eigenvalue weighted by molar-refractivity contribution is 0.0659. The zero-order valence-electron chi connectivity index (χ0n) is 14.3. The molecule has 124 valence electrons. The van der Waals surface area contributed by atoms with E-state index in [1.54, 1.807) is 21.3 Å². The van der Waals surface area contributed by atoms with Gasteiger partial charge in [0.25, 0.3) is 0 Å². The Kier molecular flexibility index (Phi) is 5.02. The number of ether oxygens (including phenoxy) is 3. The summed E-state index contributed by atoms with van der Waals surface area (Å²) in [5.74, 6) is 1.46. The van der Waals surface area contributed by atoms with Crippen molar-refractivity contribution in [3.8, 4) is 0 Å². The van der Waals surface area contributed by atoms with E-state index in [2.05, 4.69) is 54.6 Å². The topological polar surface area (TPSA) is 27.7 Å². The summed E-state index contributed by atoms with van der Waals surface area (Å²) < 4.78 is 16.4. The van der Waals surface area contributed by atoms with Gasteiger partial charge in [-0.05, 0) is 34.1 Å². The van der Waals surface area contributed by atoms with Crippen molar-refractivity contribution in [3.63, 3.8) is 0 Å². The average molecular weight is 322 g/mol. The standard InChI is InChI=1S/C21H22O3/c1-22-19-13-16(14-20(23-2)21(19)24-3)9-8-15-10-11-17-6-4-5-7-18(17)12-15/h4-13,20H,14H2,1-3H3/b9-8+. The molecule has 1 unspecified atom stereocenters. The first kappa shape index (κ1) is 16.3. The van der Waals surface area contributed by atoms with Crippen LogP contribution < -0.4 is 0 Å². The molecule has 0 spiro atoms. The van der Waals surface area contributed by atoms with Crippen molar-refractivity contribution in [2.75, 3.05) is 21.3 Å². The molecule has 0 saturated heterocycles. The van der Waals surface area contributed by atoms with Crippen LogP contribution in [0.15, 0.2) is 71.7 Å². The SMILES string of the molecule is COC1=C(OC)C(OC)CC(/C=C/c2ccc3ccccc3c2)=C1. The Bertz CT molecular complexity index is 815. The molecule has 3 rings (SSSR count). The Hall–Kier alpha value is -2.52. The van der Waals surface area contributed by atoms with Gasteiger partial charge >= 0.3 is 0 Å². The summed E-state index contributed by atoms with van der Waals surface area (Å²) in [4.78, 5) is 0. The molecule has 3 nitrogen and oxygen atoms in total. The summed E-state index contributed by atoms with van der Waals surface area (Å²) in [5.41, 5.74) is 2.32. The highest BCUT2D eigenvalue weighted by Gasteiger charge is 2.24. The maximum absolute atomic E-state index is 5.53. The van der Waals surface area contributed by atoms with Gasteiger partial charge in [0.05, 0.1) is 14.2 Å². The van der Waals surface area contributed by atoms with E-state index in [4.69, 9.17) is 14.2 Å². The van der Waals surface area contributed by atoms with Crippen LogP contribution in [0.2, 0.25) is 0 Å². The zero-order valence-corrected chi connectivity index (χ0v) is 14.3. The zero-order chi connectivity index (χ0) is 16.9. The van der Waals surface area contributed by atoms with Crippen LogP contribution in [0.5, 0.6) is 0 Å². The molecule has 0 radical (unpaired) electrons. The van der Waals surface area contributed by atoms with Gasteiger partial charge in [0, 0.05) is 13.5 Å². The van der Waals surface area contributed by atoms with E-state index in [-0.39, 0.29) is 6.10 Å². The van der Waals surface area contributed by atoms with Crippen LogP contribution in [0.4, 0.5) is 0 Å². The first-order valence-electron chi connectivity index (χ1n) is 7.97. The second-order valence-electron chi connectivity index (χ2n) is 5.72. The summed E-state index contributed by atoms with van der Waals surface area (Å²) >= 11 is 0. The predicted octanol–water partition coefficient (Wildman–Crippen LogP) is 4.70. The van der Waals surface area contributed by atoms with Crippen LogP contribution >= 0.6 is 0 Å². The Labute approximate surface area is 142 Å². The molecule has 2 aromatic carbocycles. The van der Waals surface area contributed by atoms with Gasteiger partial charge in [0.1, 0.15) is 6.10 Å². The van der Waals surface area contributed by atoms with E-state index < -0.39 is 0 Å². The number of methoxy groups -OCH3 is 3. The molecule has 0 fully saturated rings. The van der Waals surface area contributed by atoms with Gasteiger partial charge in [0.15, 0.2) is 11.5 Å². The molecule has 2 aromatic rings. The van der Waals surface area contributed by atoms with E-state index in [0.717, 1.165) is 17.8 Å². The second-order valence-corrected chi connectivity index (χ2v) is 5.72. The van der Waals surface area contributed by atoms with Gasteiger partial charge in [-0.2, -0.15) is 0 Å². The van der Waals surface area contributed by atoms with Gasteiger partial charge in [-0.15, -0.1) is 0 Å². The average Bonchev–Trinajstić information content (AvgIpc) is 2.65. The highest BCUT2D eigenvalue weighted by molar-refractivity contribution is 5.84. The summed E-state index contributed by atoms with van der Waals surface area (Å²) in [5, 5.41) is 2.49. The molecular weight excluding hydrogens is 300 g/mol. The highest BCUT2D eigenvalue weighted by Crippen LogP contribution is 2.28. The van der Waals surface area contributed by atoms with Crippen molar-refractivity contribution in [1.82, 2.24) is 0 Å². The van der Waals surface area contributed by atoms with Crippen molar-refractivity contribution >= 4 is 16.8 Å². The van der Waals surface area contributed by atoms with E-state index >= 15 is 0 Å². The first-order valence-corrected chi connectivity index (χ1v) is 7.97. The number of rotatable bonds is 5. The minimum atomic E-state index is -0.119. The summed E-state index contributed by atoms with van der Waals surface area (Å²) in [6.07, 6.45) is 6.88. The monoisotopic (exact) mass is 322 g/mol. The molecule has 1 aliphatic rings. The number of fused-ring (bicyclic) bond motifs is 1. The molecular formula is C21H22O3. The van der Waals surface area contributed by atoms with E-state index in [9.17, 15) is 0 Å². The lowest BCUT2D eigenvalue weighted by Crippen LogP contribution is -2.21. The molecule has 0 aromatic heterocycles. The largest absolute Gasteiger partial charge is 0.494 e. The predicted molar refractivity (Wildman–Crippen MR) is 97.5 cm³/mol. The normalized spacial score (nSPS) is 18.1. The number of hydrogen-bond donors (Lipinski definition) is 0. The van der Waals surface area contributed by atoms with Crippen molar-refractivity contribution in [2.45, 2.75) is 12.5 Å². The van der Waals surface area contributed by atoms with Gasteiger partial charge < -0.3 is 14.2 Å². The fourth-order valence-electron chi connectivity index (χ4n) is 2.98. The molecule has 0 bridgehead atoms. The summed E-state index contributed by atoms with van der Waals surface area (Å²) in [6, 6.07) is 14.8. The molecule has 3 heteroatoms. The minimum absolute atomic E-state index is 0.119. The number of benzene rings is 2. The molecule has 0 amide bonds. The second kappa shape index (κ2) is 7.37. The lowest BCUT2D eigenvalue weighted by atomic mass is 9.98. The highest BCUT2D eigenvalue weighted by atomic mass is 16.5. The van der Waals surface area contributed by atoms with E-state index in [1.165, 1.54) is 16.3 Å². The third-order valence-electron chi connectivity index (χ3n) is 4.26. The minimum Gasteiger partial charge on any atom is -0.494 e. The van der Waals surface area contributed by atoms with Gasteiger partial charge in [-0.3, -0.25) is 0 Å². The van der Waals surface area contributed by atoms with Crippen molar-refractivity contribution in [1.29, 1.82) is 0 Å². The smallest absolute Gasteiger partial charge is 0.166 e. The number of hydrogen-bond acceptors (Lipinski definition) is 3. The summed E-state index contributed by atoms with van der Waals surface area (Å²) in [6.45, 7) is 0. The Balaban J connectivity index is 1.87. The molecule has 1 aliphatic carbocycles. The van der Waals surface area contributed by atoms with E-state index in [1.807, 2.05) is 6.08 Å². The van der Waals surface area contributed by atoms with Crippen molar-refractivity contribution < 1.29 is 14.2 Å². The van der Waals surface area contributed by atoms with Crippen LogP contribution in [-0.4, -0.2) is 27.4 Å². The third-order valence-corrected chi connectivity index (χ3v) is 4.26. The first-order chi connectivity index (χ1) is 11.7. The van der Waals surface area contributed by atoms with Gasteiger partial charge in [-0.1, -0.05) is 48.6 Å². The molecule has 0 heterocycles. The molecule has 1 atom stereocenters. The van der Waals surface area contributed by atoms with Crippen LogP contribution in [0.3, 0.4) is 0 Å². The molecule has 0 aliphatic heterocycles. The summed E-state index contributed by atoms with van der Waals surface area (Å²) in [7, 11) is 4.98. The number of allylic oxidation sites excluding steroid dienone is 2. The maximum atomic E-state index is 5.53. The fourth-order valence-corrected chi connectivity index (χ4v) is 2.98. The van der Waals surface area contributed by atoms with Crippen LogP contribution in [0, 0.1) is 0 Å². The fraction of sp³-hybridized carbons (Fsp3) is 0.238. The maximum Gasteiger partial charge on any atom is 0.166 e. The van der Waals surface area contributed by atoms with E-state index in [0.29, 0.717) is 5.76 Å². The Morgan fingerprint density at radius 2 is 1.71 bits per heavy atom. The quantitative estimate of drug-likeness (QED) is 0.798. The van der Waals surface area contributed by atoms with Gasteiger partial charge in [0.2, 0.25) is 0 Å². The van der Waals surface area contributed by atoms with Crippen molar-refractivity contribution in [3.05, 3.63) is 77.3 Å². The Morgan fingerprint density at radius 1 is 0.917 bits per heavy atom. The lowest BCUT2D eigenvalue weighted by Gasteiger charge is -2.24. The van der Waals surface area contributed by atoms with Crippen LogP contribution in [0.25, 0.3) is 16.8 Å². The van der Waals surface area contributed by atoms with Crippen molar-refractivity contribution in [2.24, 2.45) is 0 Å². The molecule has 0 N–H and O–H groups in total. The van der Waals surface area contributed by atoms with Crippen LogP contribution in [0.1, 0.15) is 12.0 Å².